The number of hydrogen-bond donors (Lipinski definition) is 1. The summed E-state index contributed by atoms with van der Waals surface area (Å²) in [6.07, 6.45) is 3.53. The van der Waals surface area contributed by atoms with Crippen molar-refractivity contribution in [1.29, 1.82) is 0 Å². The Bertz CT molecular complexity index is 1180. The molecule has 3 heterocycles. The molecule has 1 unspecified atom stereocenters. The maximum absolute atomic E-state index is 13.4. The molecule has 1 aliphatic rings. The van der Waals surface area contributed by atoms with Gasteiger partial charge in [-0.15, -0.1) is 0 Å². The van der Waals surface area contributed by atoms with Gasteiger partial charge in [0.1, 0.15) is 5.69 Å². The monoisotopic (exact) mass is 400 g/mol. The number of aryl methyl sites for hydroxylation is 1. The summed E-state index contributed by atoms with van der Waals surface area (Å²) in [4.78, 5) is 19.5. The smallest absolute Gasteiger partial charge is 0.277 e. The molecule has 0 bridgehead atoms. The first-order valence-electron chi connectivity index (χ1n) is 9.28. The minimum Gasteiger partial charge on any atom is -0.295 e. The van der Waals surface area contributed by atoms with Crippen LogP contribution in [0.2, 0.25) is 5.02 Å². The summed E-state index contributed by atoms with van der Waals surface area (Å²) >= 11 is 6.06. The average molecular weight is 401 g/mol. The number of nitrogens with zero attached hydrogens (tertiary/aromatic N) is 3. The van der Waals surface area contributed by atoms with Gasteiger partial charge in [0.15, 0.2) is 0 Å². The van der Waals surface area contributed by atoms with Gasteiger partial charge in [0.25, 0.3) is 5.91 Å². The van der Waals surface area contributed by atoms with Crippen molar-refractivity contribution in [2.24, 2.45) is 0 Å². The van der Waals surface area contributed by atoms with Crippen LogP contribution in [0, 0.1) is 6.92 Å². The van der Waals surface area contributed by atoms with E-state index in [1.165, 1.54) is 0 Å². The topological polar surface area (TPSA) is 61.9 Å². The third kappa shape index (κ3) is 2.91. The molecule has 2 aromatic heterocycles. The number of carbonyl (C=O) groups excluding carboxylic acids is 1. The Morgan fingerprint density at radius 3 is 2.48 bits per heavy atom. The molecule has 142 valence electrons. The van der Waals surface area contributed by atoms with Crippen LogP contribution in [0.15, 0.2) is 73.1 Å². The fourth-order valence-corrected chi connectivity index (χ4v) is 3.93. The van der Waals surface area contributed by atoms with Crippen molar-refractivity contribution < 1.29 is 4.79 Å². The summed E-state index contributed by atoms with van der Waals surface area (Å²) in [5.74, 6) is -0.106. The first-order valence-corrected chi connectivity index (χ1v) is 9.65. The molecule has 29 heavy (non-hydrogen) atoms. The third-order valence-electron chi connectivity index (χ3n) is 5.20. The zero-order chi connectivity index (χ0) is 20.0. The Balaban J connectivity index is 1.71. The molecule has 0 fully saturated rings. The number of aromatic amines is 1. The normalized spacial score (nSPS) is 15.6. The molecule has 0 aliphatic carbocycles. The minimum absolute atomic E-state index is 0.106. The number of hydrogen-bond acceptors (Lipinski definition) is 3. The summed E-state index contributed by atoms with van der Waals surface area (Å²) in [6.45, 7) is 2.03. The van der Waals surface area contributed by atoms with Crippen LogP contribution >= 0.6 is 11.6 Å². The van der Waals surface area contributed by atoms with Gasteiger partial charge in [-0.2, -0.15) is 5.10 Å². The van der Waals surface area contributed by atoms with E-state index in [0.717, 1.165) is 33.6 Å². The summed E-state index contributed by atoms with van der Waals surface area (Å²) in [7, 11) is 0. The van der Waals surface area contributed by atoms with Gasteiger partial charge in [-0.1, -0.05) is 47.5 Å². The number of anilines is 1. The van der Waals surface area contributed by atoms with Crippen LogP contribution < -0.4 is 4.90 Å². The van der Waals surface area contributed by atoms with Crippen LogP contribution in [-0.4, -0.2) is 21.1 Å². The Hall–Kier alpha value is -3.44. The predicted molar refractivity (Wildman–Crippen MR) is 113 cm³/mol. The van der Waals surface area contributed by atoms with E-state index < -0.39 is 0 Å². The van der Waals surface area contributed by atoms with Crippen LogP contribution in [0.4, 0.5) is 5.69 Å². The quantitative estimate of drug-likeness (QED) is 0.515. The first kappa shape index (κ1) is 17.6. The van der Waals surface area contributed by atoms with E-state index in [9.17, 15) is 4.79 Å². The number of amides is 1. The molecule has 5 nitrogen and oxygen atoms in total. The van der Waals surface area contributed by atoms with Crippen molar-refractivity contribution in [1.82, 2.24) is 15.2 Å². The molecule has 0 spiro atoms. The molecule has 1 atom stereocenters. The highest BCUT2D eigenvalue weighted by atomic mass is 35.5. The third-order valence-corrected chi connectivity index (χ3v) is 5.45. The van der Waals surface area contributed by atoms with Crippen molar-refractivity contribution in [2.45, 2.75) is 13.0 Å². The standard InChI is InChI=1S/C23H17ClN4O/c1-14-4-10-18(11-5-14)28-22(16-3-2-12-25-13-16)19-20(26-27-21(19)23(28)29)15-6-8-17(24)9-7-15/h2-13,22H,1H3,(H,26,27). The van der Waals surface area contributed by atoms with E-state index in [1.807, 2.05) is 67.6 Å². The number of aromatic nitrogens is 3. The fraction of sp³-hybridized carbons (Fsp3) is 0.0870. The van der Waals surface area contributed by atoms with E-state index in [0.29, 0.717) is 10.7 Å². The fourth-order valence-electron chi connectivity index (χ4n) is 3.80. The number of pyridine rings is 1. The second-order valence-corrected chi connectivity index (χ2v) is 7.50. The lowest BCUT2D eigenvalue weighted by atomic mass is 9.97. The van der Waals surface area contributed by atoms with E-state index >= 15 is 0 Å². The second-order valence-electron chi connectivity index (χ2n) is 7.07. The number of rotatable bonds is 3. The number of H-pyrrole nitrogens is 1. The number of fused-ring (bicyclic) bond motifs is 1. The molecule has 0 saturated heterocycles. The molecule has 4 aromatic rings. The highest BCUT2D eigenvalue weighted by Gasteiger charge is 2.43. The lowest BCUT2D eigenvalue weighted by molar-refractivity contribution is 0.0988. The van der Waals surface area contributed by atoms with Crippen LogP contribution in [0.1, 0.15) is 33.2 Å². The second kappa shape index (κ2) is 6.87. The maximum atomic E-state index is 13.4. The van der Waals surface area contributed by atoms with Crippen LogP contribution in [0.5, 0.6) is 0 Å². The molecular formula is C23H17ClN4O. The number of benzene rings is 2. The first-order chi connectivity index (χ1) is 14.1. The van der Waals surface area contributed by atoms with Gasteiger partial charge in [-0.25, -0.2) is 0 Å². The van der Waals surface area contributed by atoms with Crippen LogP contribution in [-0.2, 0) is 0 Å². The highest BCUT2D eigenvalue weighted by molar-refractivity contribution is 6.30. The molecule has 1 N–H and O–H groups in total. The highest BCUT2D eigenvalue weighted by Crippen LogP contribution is 2.44. The molecule has 0 radical (unpaired) electrons. The van der Waals surface area contributed by atoms with Crippen molar-refractivity contribution in [3.63, 3.8) is 0 Å². The SMILES string of the molecule is Cc1ccc(N2C(=O)c3[nH]nc(-c4ccc(Cl)cc4)c3C2c2cccnc2)cc1. The van der Waals surface area contributed by atoms with Crippen molar-refractivity contribution in [2.75, 3.05) is 4.90 Å². The summed E-state index contributed by atoms with van der Waals surface area (Å²) < 4.78 is 0. The largest absolute Gasteiger partial charge is 0.295 e. The molecule has 6 heteroatoms. The molecule has 5 rings (SSSR count). The van der Waals surface area contributed by atoms with E-state index in [4.69, 9.17) is 11.6 Å². The van der Waals surface area contributed by atoms with Gasteiger partial charge >= 0.3 is 0 Å². The Labute approximate surface area is 173 Å². The zero-order valence-corrected chi connectivity index (χ0v) is 16.4. The molecule has 2 aromatic carbocycles. The maximum Gasteiger partial charge on any atom is 0.277 e. The Kier molecular flexibility index (Phi) is 4.18. The average Bonchev–Trinajstić information content (AvgIpc) is 3.29. The van der Waals surface area contributed by atoms with Gasteiger partial charge in [0.05, 0.1) is 11.7 Å². The molecular weight excluding hydrogens is 384 g/mol. The van der Waals surface area contributed by atoms with E-state index in [2.05, 4.69) is 15.2 Å². The molecule has 0 saturated carbocycles. The van der Waals surface area contributed by atoms with Crippen molar-refractivity contribution in [3.05, 3.63) is 100 Å². The number of halogens is 1. The van der Waals surface area contributed by atoms with Crippen molar-refractivity contribution in [3.8, 4) is 11.3 Å². The summed E-state index contributed by atoms with van der Waals surface area (Å²) in [5.41, 5.74) is 5.90. The number of carbonyl (C=O) groups is 1. The predicted octanol–water partition coefficient (Wildman–Crippen LogP) is 5.18. The Morgan fingerprint density at radius 2 is 1.79 bits per heavy atom. The van der Waals surface area contributed by atoms with Gasteiger partial charge in [0.2, 0.25) is 0 Å². The van der Waals surface area contributed by atoms with Gasteiger partial charge in [-0.3, -0.25) is 19.8 Å². The lowest BCUT2D eigenvalue weighted by Gasteiger charge is -2.26. The minimum atomic E-state index is -0.321. The van der Waals surface area contributed by atoms with Gasteiger partial charge < -0.3 is 0 Å². The molecule has 1 aliphatic heterocycles. The van der Waals surface area contributed by atoms with Crippen LogP contribution in [0.25, 0.3) is 11.3 Å². The zero-order valence-electron chi connectivity index (χ0n) is 15.6. The van der Waals surface area contributed by atoms with Crippen molar-refractivity contribution >= 4 is 23.2 Å². The van der Waals surface area contributed by atoms with E-state index in [1.54, 1.807) is 17.3 Å². The van der Waals surface area contributed by atoms with E-state index in [-0.39, 0.29) is 11.9 Å². The lowest BCUT2D eigenvalue weighted by Crippen LogP contribution is -2.29. The van der Waals surface area contributed by atoms with Crippen LogP contribution in [0.3, 0.4) is 0 Å². The van der Waals surface area contributed by atoms with Gasteiger partial charge in [-0.05, 0) is 42.8 Å². The summed E-state index contributed by atoms with van der Waals surface area (Å²) in [6, 6.07) is 19.0. The van der Waals surface area contributed by atoms with Gasteiger partial charge in [0, 0.05) is 34.2 Å². The Morgan fingerprint density at radius 1 is 1.03 bits per heavy atom. The molecule has 1 amide bonds. The number of nitrogens with one attached hydrogen (secondary N) is 1. The summed E-state index contributed by atoms with van der Waals surface area (Å²) in [5, 5.41) is 8.09.